The second-order valence-electron chi connectivity index (χ2n) is 4.06. The highest BCUT2D eigenvalue weighted by molar-refractivity contribution is 6.36. The van der Waals surface area contributed by atoms with E-state index >= 15 is 0 Å². The molecule has 0 spiro atoms. The van der Waals surface area contributed by atoms with Gasteiger partial charge in [0.05, 0.1) is 0 Å². The molecule has 0 fully saturated rings. The van der Waals surface area contributed by atoms with Crippen molar-refractivity contribution >= 4 is 34.0 Å². The maximum atomic E-state index is 6.22. The molecular formula is C15H9Cl2N. The minimum Gasteiger partial charge on any atom is -0.264 e. The van der Waals surface area contributed by atoms with Crippen LogP contribution in [-0.4, -0.2) is 4.98 Å². The van der Waals surface area contributed by atoms with Crippen molar-refractivity contribution in [2.24, 2.45) is 0 Å². The van der Waals surface area contributed by atoms with Crippen molar-refractivity contribution in [3.8, 4) is 11.1 Å². The summed E-state index contributed by atoms with van der Waals surface area (Å²) in [7, 11) is 0. The van der Waals surface area contributed by atoms with Crippen LogP contribution < -0.4 is 0 Å². The fourth-order valence-corrected chi connectivity index (χ4v) is 2.49. The molecule has 18 heavy (non-hydrogen) atoms. The van der Waals surface area contributed by atoms with Crippen molar-refractivity contribution in [3.05, 3.63) is 64.9 Å². The van der Waals surface area contributed by atoms with Crippen molar-refractivity contribution in [2.45, 2.75) is 0 Å². The normalized spacial score (nSPS) is 10.8. The first-order valence-electron chi connectivity index (χ1n) is 5.53. The number of hydrogen-bond donors (Lipinski definition) is 0. The highest BCUT2D eigenvalue weighted by Gasteiger charge is 2.05. The van der Waals surface area contributed by atoms with Gasteiger partial charge in [0.1, 0.15) is 0 Å². The van der Waals surface area contributed by atoms with E-state index in [1.807, 2.05) is 36.5 Å². The second kappa shape index (κ2) is 4.60. The Hall–Kier alpha value is -1.57. The van der Waals surface area contributed by atoms with Gasteiger partial charge >= 0.3 is 0 Å². The van der Waals surface area contributed by atoms with Crippen LogP contribution in [0.5, 0.6) is 0 Å². The van der Waals surface area contributed by atoms with Crippen molar-refractivity contribution in [1.29, 1.82) is 0 Å². The van der Waals surface area contributed by atoms with Gasteiger partial charge in [-0.05, 0) is 35.2 Å². The van der Waals surface area contributed by atoms with Gasteiger partial charge in [0.2, 0.25) is 0 Å². The molecule has 0 saturated heterocycles. The summed E-state index contributed by atoms with van der Waals surface area (Å²) in [6.07, 6.45) is 3.64. The molecule has 0 unspecified atom stereocenters. The summed E-state index contributed by atoms with van der Waals surface area (Å²) in [4.78, 5) is 4.10. The molecule has 1 aromatic heterocycles. The molecule has 0 aliphatic heterocycles. The molecule has 3 aromatic rings. The van der Waals surface area contributed by atoms with E-state index in [2.05, 4.69) is 11.1 Å². The van der Waals surface area contributed by atoms with E-state index in [9.17, 15) is 0 Å². The minimum atomic E-state index is 0.647. The maximum Gasteiger partial charge on any atom is 0.0499 e. The Labute approximate surface area is 115 Å². The highest BCUT2D eigenvalue weighted by Crippen LogP contribution is 2.31. The highest BCUT2D eigenvalue weighted by atomic mass is 35.5. The van der Waals surface area contributed by atoms with Crippen LogP contribution in [-0.2, 0) is 0 Å². The Morgan fingerprint density at radius 2 is 1.72 bits per heavy atom. The van der Waals surface area contributed by atoms with Gasteiger partial charge in [-0.15, -0.1) is 0 Å². The number of fused-ring (bicyclic) bond motifs is 1. The number of nitrogens with zero attached hydrogens (tertiary/aromatic N) is 1. The van der Waals surface area contributed by atoms with Crippen LogP contribution in [0.2, 0.25) is 10.0 Å². The first-order chi connectivity index (χ1) is 8.74. The molecule has 0 radical (unpaired) electrons. The van der Waals surface area contributed by atoms with Gasteiger partial charge in [-0.2, -0.15) is 0 Å². The van der Waals surface area contributed by atoms with Crippen molar-refractivity contribution in [3.63, 3.8) is 0 Å². The average Bonchev–Trinajstić information content (AvgIpc) is 2.38. The number of benzene rings is 2. The van der Waals surface area contributed by atoms with E-state index in [0.717, 1.165) is 21.9 Å². The molecule has 0 saturated carbocycles. The molecule has 0 amide bonds. The van der Waals surface area contributed by atoms with Crippen molar-refractivity contribution in [1.82, 2.24) is 4.98 Å². The Bertz CT molecular complexity index is 723. The summed E-state index contributed by atoms with van der Waals surface area (Å²) in [5, 5.41) is 3.57. The lowest BCUT2D eigenvalue weighted by Crippen LogP contribution is -1.81. The summed E-state index contributed by atoms with van der Waals surface area (Å²) in [6.45, 7) is 0. The number of hydrogen-bond acceptors (Lipinski definition) is 1. The van der Waals surface area contributed by atoms with Gasteiger partial charge in [0.15, 0.2) is 0 Å². The molecular weight excluding hydrogens is 265 g/mol. The Morgan fingerprint density at radius 1 is 0.833 bits per heavy atom. The standard InChI is InChI=1S/C15H9Cl2N/c16-13-3-4-14(15(17)8-13)11-1-2-12-9-18-6-5-10(12)7-11/h1-9H. The van der Waals surface area contributed by atoms with Gasteiger partial charge in [-0.25, -0.2) is 0 Å². The number of rotatable bonds is 1. The SMILES string of the molecule is Clc1ccc(-c2ccc3cnccc3c2)c(Cl)c1. The van der Waals surface area contributed by atoms with E-state index in [-0.39, 0.29) is 0 Å². The molecule has 88 valence electrons. The van der Waals surface area contributed by atoms with Gasteiger partial charge in [0.25, 0.3) is 0 Å². The Morgan fingerprint density at radius 3 is 2.56 bits per heavy atom. The third kappa shape index (κ3) is 2.07. The van der Waals surface area contributed by atoms with Crippen molar-refractivity contribution < 1.29 is 0 Å². The Balaban J connectivity index is 2.19. The monoisotopic (exact) mass is 273 g/mol. The smallest absolute Gasteiger partial charge is 0.0499 e. The van der Waals surface area contributed by atoms with Crippen LogP contribution in [0.1, 0.15) is 0 Å². The summed E-state index contributed by atoms with van der Waals surface area (Å²) in [5.41, 5.74) is 2.06. The van der Waals surface area contributed by atoms with Crippen LogP contribution in [0.4, 0.5) is 0 Å². The molecule has 2 aromatic carbocycles. The number of halogens is 2. The Kier molecular flexibility index (Phi) is 2.94. The molecule has 0 atom stereocenters. The molecule has 0 aliphatic rings. The summed E-state index contributed by atoms with van der Waals surface area (Å²) in [6, 6.07) is 13.7. The second-order valence-corrected chi connectivity index (χ2v) is 4.91. The first kappa shape index (κ1) is 11.5. The van der Waals surface area contributed by atoms with Gasteiger partial charge in [-0.3, -0.25) is 4.98 Å². The van der Waals surface area contributed by atoms with E-state index in [4.69, 9.17) is 23.2 Å². The van der Waals surface area contributed by atoms with Crippen LogP contribution in [0.25, 0.3) is 21.9 Å². The molecule has 0 bridgehead atoms. The molecule has 0 N–H and O–H groups in total. The molecule has 1 nitrogen and oxygen atoms in total. The molecule has 0 aliphatic carbocycles. The van der Waals surface area contributed by atoms with E-state index in [1.165, 1.54) is 0 Å². The van der Waals surface area contributed by atoms with E-state index in [0.29, 0.717) is 10.0 Å². The lowest BCUT2D eigenvalue weighted by Gasteiger charge is -2.06. The molecule has 3 rings (SSSR count). The zero-order valence-electron chi connectivity index (χ0n) is 9.40. The van der Waals surface area contributed by atoms with Crippen LogP contribution in [0.3, 0.4) is 0 Å². The zero-order valence-corrected chi connectivity index (χ0v) is 10.9. The van der Waals surface area contributed by atoms with Crippen LogP contribution in [0, 0.1) is 0 Å². The van der Waals surface area contributed by atoms with E-state index < -0.39 is 0 Å². The average molecular weight is 274 g/mol. The third-order valence-corrected chi connectivity index (χ3v) is 3.43. The first-order valence-corrected chi connectivity index (χ1v) is 6.29. The van der Waals surface area contributed by atoms with Gasteiger partial charge in [-0.1, -0.05) is 41.4 Å². The maximum absolute atomic E-state index is 6.22. The summed E-state index contributed by atoms with van der Waals surface area (Å²) >= 11 is 12.1. The lowest BCUT2D eigenvalue weighted by molar-refractivity contribution is 1.36. The lowest BCUT2D eigenvalue weighted by atomic mass is 10.0. The number of aromatic nitrogens is 1. The quantitative estimate of drug-likeness (QED) is 0.593. The van der Waals surface area contributed by atoms with Crippen LogP contribution >= 0.6 is 23.2 Å². The van der Waals surface area contributed by atoms with Gasteiger partial charge < -0.3 is 0 Å². The van der Waals surface area contributed by atoms with Crippen LogP contribution in [0.15, 0.2) is 54.9 Å². The summed E-state index contributed by atoms with van der Waals surface area (Å²) in [5.74, 6) is 0. The van der Waals surface area contributed by atoms with Gasteiger partial charge in [0, 0.05) is 33.4 Å². The minimum absolute atomic E-state index is 0.647. The zero-order chi connectivity index (χ0) is 12.5. The van der Waals surface area contributed by atoms with Crippen molar-refractivity contribution in [2.75, 3.05) is 0 Å². The summed E-state index contributed by atoms with van der Waals surface area (Å²) < 4.78 is 0. The molecule has 3 heteroatoms. The predicted molar refractivity (Wildman–Crippen MR) is 77.2 cm³/mol. The fraction of sp³-hybridized carbons (Fsp3) is 0. The van der Waals surface area contributed by atoms with E-state index in [1.54, 1.807) is 12.3 Å². The predicted octanol–water partition coefficient (Wildman–Crippen LogP) is 5.21. The topological polar surface area (TPSA) is 12.9 Å². The fourth-order valence-electron chi connectivity index (χ4n) is 1.97. The third-order valence-electron chi connectivity index (χ3n) is 2.88. The molecule has 1 heterocycles. The largest absolute Gasteiger partial charge is 0.264 e. The number of pyridine rings is 1.